The summed E-state index contributed by atoms with van der Waals surface area (Å²) in [6, 6.07) is 1.73. The predicted octanol–water partition coefficient (Wildman–Crippen LogP) is 0.924. The number of hydrogen-bond acceptors (Lipinski definition) is 5. The second-order valence-corrected chi connectivity index (χ2v) is 4.37. The Morgan fingerprint density at radius 1 is 1.53 bits per heavy atom. The van der Waals surface area contributed by atoms with Crippen LogP contribution in [0.4, 0.5) is 0 Å². The number of carbonyl (C=O) groups is 1. The van der Waals surface area contributed by atoms with Gasteiger partial charge in [0.25, 0.3) is 0 Å². The number of methoxy groups -OCH3 is 1. The van der Waals surface area contributed by atoms with Crippen LogP contribution in [0.2, 0.25) is 5.28 Å². The molecule has 92 valence electrons. The first-order chi connectivity index (χ1) is 8.19. The van der Waals surface area contributed by atoms with Crippen molar-refractivity contribution in [1.82, 2.24) is 15.3 Å². The van der Waals surface area contributed by atoms with Gasteiger partial charge in [-0.2, -0.15) is 0 Å². The Hall–Kier alpha value is -1.20. The summed E-state index contributed by atoms with van der Waals surface area (Å²) in [7, 11) is 1.40. The van der Waals surface area contributed by atoms with E-state index in [1.807, 2.05) is 0 Å². The van der Waals surface area contributed by atoms with Crippen molar-refractivity contribution in [3.8, 4) is 0 Å². The second kappa shape index (κ2) is 4.98. The van der Waals surface area contributed by atoms with Crippen molar-refractivity contribution in [2.75, 3.05) is 20.2 Å². The number of ether oxygens (including phenoxy) is 1. The third-order valence-corrected chi connectivity index (χ3v) is 3.33. The zero-order valence-corrected chi connectivity index (χ0v) is 10.3. The molecule has 0 amide bonds. The van der Waals surface area contributed by atoms with Crippen molar-refractivity contribution >= 4 is 17.6 Å². The van der Waals surface area contributed by atoms with Crippen LogP contribution in [0.5, 0.6) is 0 Å². The van der Waals surface area contributed by atoms with Crippen molar-refractivity contribution in [2.24, 2.45) is 0 Å². The van der Waals surface area contributed by atoms with E-state index in [4.69, 9.17) is 16.3 Å². The molecule has 1 aromatic rings. The maximum atomic E-state index is 12.0. The molecule has 6 heteroatoms. The van der Waals surface area contributed by atoms with Crippen molar-refractivity contribution in [3.63, 3.8) is 0 Å². The number of rotatable bonds is 2. The summed E-state index contributed by atoms with van der Waals surface area (Å²) in [5.74, 6) is -0.256. The molecule has 0 unspecified atom stereocenters. The first kappa shape index (κ1) is 12.3. The minimum absolute atomic E-state index is 0.157. The van der Waals surface area contributed by atoms with Gasteiger partial charge in [-0.15, -0.1) is 0 Å². The van der Waals surface area contributed by atoms with Crippen molar-refractivity contribution in [2.45, 2.75) is 18.3 Å². The average Bonchev–Trinajstić information content (AvgIpc) is 2.38. The maximum absolute atomic E-state index is 12.0. The molecule has 0 spiro atoms. The van der Waals surface area contributed by atoms with Crippen molar-refractivity contribution in [3.05, 3.63) is 23.2 Å². The first-order valence-electron chi connectivity index (χ1n) is 5.47. The molecule has 0 aromatic carbocycles. The van der Waals surface area contributed by atoms with Crippen LogP contribution in [-0.4, -0.2) is 36.1 Å². The van der Waals surface area contributed by atoms with E-state index in [1.165, 1.54) is 7.11 Å². The molecule has 0 atom stereocenters. The molecule has 1 aliphatic heterocycles. The molecule has 0 aliphatic carbocycles. The van der Waals surface area contributed by atoms with Gasteiger partial charge in [-0.3, -0.25) is 4.79 Å². The third kappa shape index (κ3) is 2.25. The highest BCUT2D eigenvalue weighted by Crippen LogP contribution is 2.33. The Morgan fingerprint density at radius 3 is 2.82 bits per heavy atom. The monoisotopic (exact) mass is 255 g/mol. The van der Waals surface area contributed by atoms with Gasteiger partial charge >= 0.3 is 5.97 Å². The molecular formula is C11H14ClN3O2. The van der Waals surface area contributed by atoms with Gasteiger partial charge in [0.2, 0.25) is 5.28 Å². The summed E-state index contributed by atoms with van der Waals surface area (Å²) in [5, 5.41) is 3.38. The lowest BCUT2D eigenvalue weighted by molar-refractivity contribution is -0.149. The Kier molecular flexibility index (Phi) is 3.59. The van der Waals surface area contributed by atoms with E-state index in [0.29, 0.717) is 18.5 Å². The molecule has 0 bridgehead atoms. The number of aromatic nitrogens is 2. The molecule has 1 N–H and O–H groups in total. The summed E-state index contributed by atoms with van der Waals surface area (Å²) in [6.07, 6.45) is 2.89. The normalized spacial score (nSPS) is 18.7. The molecule has 2 rings (SSSR count). The quantitative estimate of drug-likeness (QED) is 0.629. The van der Waals surface area contributed by atoms with E-state index in [1.54, 1.807) is 12.3 Å². The zero-order chi connectivity index (χ0) is 12.3. The molecular weight excluding hydrogens is 242 g/mol. The highest BCUT2D eigenvalue weighted by molar-refractivity contribution is 6.28. The maximum Gasteiger partial charge on any atom is 0.318 e. The largest absolute Gasteiger partial charge is 0.468 e. The van der Waals surface area contributed by atoms with Crippen molar-refractivity contribution < 1.29 is 9.53 Å². The fourth-order valence-corrected chi connectivity index (χ4v) is 2.36. The van der Waals surface area contributed by atoms with E-state index in [0.717, 1.165) is 13.1 Å². The molecule has 2 heterocycles. The molecule has 0 radical (unpaired) electrons. The summed E-state index contributed by atoms with van der Waals surface area (Å²) >= 11 is 5.78. The highest BCUT2D eigenvalue weighted by atomic mass is 35.5. The summed E-state index contributed by atoms with van der Waals surface area (Å²) in [4.78, 5) is 20.0. The van der Waals surface area contributed by atoms with Crippen LogP contribution in [0.1, 0.15) is 18.5 Å². The lowest BCUT2D eigenvalue weighted by Crippen LogP contribution is -2.46. The third-order valence-electron chi connectivity index (χ3n) is 3.15. The van der Waals surface area contributed by atoms with Crippen LogP contribution in [0.3, 0.4) is 0 Å². The lowest BCUT2D eigenvalue weighted by Gasteiger charge is -2.34. The van der Waals surface area contributed by atoms with E-state index >= 15 is 0 Å². The SMILES string of the molecule is COC(=O)C1(c2ccnc(Cl)n2)CCNCC1. The minimum atomic E-state index is -0.688. The van der Waals surface area contributed by atoms with E-state index in [-0.39, 0.29) is 11.3 Å². The average molecular weight is 256 g/mol. The van der Waals surface area contributed by atoms with Crippen LogP contribution in [-0.2, 0) is 14.9 Å². The Morgan fingerprint density at radius 2 is 2.24 bits per heavy atom. The van der Waals surface area contributed by atoms with E-state index in [2.05, 4.69) is 15.3 Å². The standard InChI is InChI=1S/C11H14ClN3O2/c1-17-9(16)11(3-6-13-7-4-11)8-2-5-14-10(12)15-8/h2,5,13H,3-4,6-7H2,1H3. The molecule has 1 aliphatic rings. The van der Waals surface area contributed by atoms with Crippen molar-refractivity contribution in [1.29, 1.82) is 0 Å². The number of hydrogen-bond donors (Lipinski definition) is 1. The van der Waals surface area contributed by atoms with E-state index in [9.17, 15) is 4.79 Å². The van der Waals surface area contributed by atoms with Gasteiger partial charge in [0, 0.05) is 6.20 Å². The molecule has 5 nitrogen and oxygen atoms in total. The molecule has 1 aromatic heterocycles. The van der Waals surface area contributed by atoms with Crippen LogP contribution in [0.15, 0.2) is 12.3 Å². The Labute approximate surface area is 105 Å². The van der Waals surface area contributed by atoms with Crippen LogP contribution < -0.4 is 5.32 Å². The van der Waals surface area contributed by atoms with Gasteiger partial charge < -0.3 is 10.1 Å². The van der Waals surface area contributed by atoms with Gasteiger partial charge in [0.05, 0.1) is 12.8 Å². The van der Waals surface area contributed by atoms with Gasteiger partial charge in [-0.25, -0.2) is 9.97 Å². The van der Waals surface area contributed by atoms with Crippen LogP contribution >= 0.6 is 11.6 Å². The smallest absolute Gasteiger partial charge is 0.318 e. The number of nitrogens with one attached hydrogen (secondary N) is 1. The minimum Gasteiger partial charge on any atom is -0.468 e. The fourth-order valence-electron chi connectivity index (χ4n) is 2.22. The summed E-state index contributed by atoms with van der Waals surface area (Å²) in [6.45, 7) is 1.52. The van der Waals surface area contributed by atoms with Crippen LogP contribution in [0.25, 0.3) is 0 Å². The highest BCUT2D eigenvalue weighted by Gasteiger charge is 2.43. The molecule has 1 fully saturated rings. The van der Waals surface area contributed by atoms with E-state index < -0.39 is 5.41 Å². The van der Waals surface area contributed by atoms with Gasteiger partial charge in [-0.1, -0.05) is 0 Å². The fraction of sp³-hybridized carbons (Fsp3) is 0.545. The van der Waals surface area contributed by atoms with Gasteiger partial charge in [0.15, 0.2) is 0 Å². The predicted molar refractivity (Wildman–Crippen MR) is 62.8 cm³/mol. The number of halogens is 1. The zero-order valence-electron chi connectivity index (χ0n) is 9.57. The molecule has 17 heavy (non-hydrogen) atoms. The summed E-state index contributed by atoms with van der Waals surface area (Å²) < 4.78 is 4.92. The number of esters is 1. The van der Waals surface area contributed by atoms with Gasteiger partial charge in [0.1, 0.15) is 5.41 Å². The lowest BCUT2D eigenvalue weighted by atomic mass is 9.76. The Bertz CT molecular complexity index is 419. The summed E-state index contributed by atoms with van der Waals surface area (Å²) in [5.41, 5.74) is -0.0436. The number of nitrogens with zero attached hydrogens (tertiary/aromatic N) is 2. The van der Waals surface area contributed by atoms with Gasteiger partial charge in [-0.05, 0) is 43.6 Å². The second-order valence-electron chi connectivity index (χ2n) is 4.03. The Balaban J connectivity index is 2.42. The van der Waals surface area contributed by atoms with Crippen LogP contribution in [0, 0.1) is 0 Å². The number of piperidine rings is 1. The topological polar surface area (TPSA) is 64.1 Å². The molecule has 0 saturated carbocycles. The number of carbonyl (C=O) groups excluding carboxylic acids is 1. The first-order valence-corrected chi connectivity index (χ1v) is 5.85. The molecule has 1 saturated heterocycles.